The summed E-state index contributed by atoms with van der Waals surface area (Å²) in [5.41, 5.74) is 3.92. The number of ether oxygens (including phenoxy) is 3. The molecule has 1 fully saturated rings. The largest absolute Gasteiger partial charge is 0.496 e. The van der Waals surface area contributed by atoms with Gasteiger partial charge in [-0.1, -0.05) is 12.1 Å². The van der Waals surface area contributed by atoms with E-state index in [0.29, 0.717) is 6.61 Å². The number of likely N-dealkylation sites (N-methyl/N-ethyl adjacent to an activating group) is 1. The molecule has 4 heteroatoms. The second kappa shape index (κ2) is 6.63. The zero-order chi connectivity index (χ0) is 16.4. The fraction of sp³-hybridized carbons (Fsp3) is 0.579. The van der Waals surface area contributed by atoms with Crippen LogP contribution in [0.1, 0.15) is 31.4 Å². The Morgan fingerprint density at radius 1 is 1.35 bits per heavy atom. The molecule has 0 saturated carbocycles. The minimum atomic E-state index is -0.480. The summed E-state index contributed by atoms with van der Waals surface area (Å²) < 4.78 is 17.2. The van der Waals surface area contributed by atoms with E-state index in [9.17, 15) is 0 Å². The molecule has 0 bridgehead atoms. The molecule has 0 radical (unpaired) electrons. The van der Waals surface area contributed by atoms with Crippen molar-refractivity contribution in [2.45, 2.75) is 38.6 Å². The number of methoxy groups -OCH3 is 1. The van der Waals surface area contributed by atoms with Gasteiger partial charge in [-0.15, -0.1) is 0 Å². The van der Waals surface area contributed by atoms with Gasteiger partial charge >= 0.3 is 0 Å². The summed E-state index contributed by atoms with van der Waals surface area (Å²) in [6.45, 7) is 6.69. The first-order valence-corrected chi connectivity index (χ1v) is 8.33. The third kappa shape index (κ3) is 3.94. The van der Waals surface area contributed by atoms with Crippen LogP contribution in [0.2, 0.25) is 0 Å². The molecule has 2 aliphatic heterocycles. The zero-order valence-electron chi connectivity index (χ0n) is 14.6. The summed E-state index contributed by atoms with van der Waals surface area (Å²) in [5.74, 6) is 0.446. The van der Waals surface area contributed by atoms with Crippen molar-refractivity contribution in [2.24, 2.45) is 0 Å². The van der Waals surface area contributed by atoms with Gasteiger partial charge in [0.15, 0.2) is 5.79 Å². The van der Waals surface area contributed by atoms with Gasteiger partial charge in [-0.3, -0.25) is 0 Å². The van der Waals surface area contributed by atoms with Crippen molar-refractivity contribution in [2.75, 3.05) is 33.9 Å². The standard InChI is InChI=1S/C19H27NO3/c1-19(2)22-13-17(23-19)12-16-11-15(5-6-18(16)21-4)14-7-9-20(3)10-8-14/h5-7,11,17H,8-10,12-13H2,1-4H3. The highest BCUT2D eigenvalue weighted by Gasteiger charge is 2.33. The van der Waals surface area contributed by atoms with Gasteiger partial charge < -0.3 is 19.1 Å². The van der Waals surface area contributed by atoms with Crippen LogP contribution in [0, 0.1) is 0 Å². The summed E-state index contributed by atoms with van der Waals surface area (Å²) in [6.07, 6.45) is 4.32. The van der Waals surface area contributed by atoms with Crippen LogP contribution >= 0.6 is 0 Å². The molecule has 0 aliphatic carbocycles. The molecule has 4 nitrogen and oxygen atoms in total. The Morgan fingerprint density at radius 2 is 2.17 bits per heavy atom. The zero-order valence-corrected chi connectivity index (χ0v) is 14.6. The Morgan fingerprint density at radius 3 is 2.78 bits per heavy atom. The van der Waals surface area contributed by atoms with E-state index in [-0.39, 0.29) is 6.10 Å². The fourth-order valence-electron chi connectivity index (χ4n) is 3.28. The number of benzene rings is 1. The third-order valence-corrected chi connectivity index (χ3v) is 4.58. The van der Waals surface area contributed by atoms with Gasteiger partial charge in [-0.2, -0.15) is 0 Å². The van der Waals surface area contributed by atoms with Crippen LogP contribution in [0.15, 0.2) is 24.3 Å². The minimum Gasteiger partial charge on any atom is -0.496 e. The molecule has 0 aromatic heterocycles. The van der Waals surface area contributed by atoms with Gasteiger partial charge in [0.25, 0.3) is 0 Å². The summed E-state index contributed by atoms with van der Waals surface area (Å²) in [7, 11) is 3.88. The van der Waals surface area contributed by atoms with Crippen LogP contribution in [-0.2, 0) is 15.9 Å². The Hall–Kier alpha value is -1.36. The highest BCUT2D eigenvalue weighted by molar-refractivity contribution is 5.68. The van der Waals surface area contributed by atoms with Crippen molar-refractivity contribution in [3.8, 4) is 5.75 Å². The number of rotatable bonds is 4. The van der Waals surface area contributed by atoms with Crippen molar-refractivity contribution in [1.29, 1.82) is 0 Å². The van der Waals surface area contributed by atoms with Gasteiger partial charge in [0.2, 0.25) is 0 Å². The van der Waals surface area contributed by atoms with E-state index in [2.05, 4.69) is 36.2 Å². The maximum Gasteiger partial charge on any atom is 0.163 e. The van der Waals surface area contributed by atoms with Crippen molar-refractivity contribution in [3.63, 3.8) is 0 Å². The monoisotopic (exact) mass is 317 g/mol. The predicted molar refractivity (Wildman–Crippen MR) is 91.7 cm³/mol. The van der Waals surface area contributed by atoms with Gasteiger partial charge in [0.05, 0.1) is 19.8 Å². The second-order valence-corrected chi connectivity index (χ2v) is 6.92. The molecule has 0 N–H and O–H groups in total. The molecule has 1 unspecified atom stereocenters. The van der Waals surface area contributed by atoms with E-state index in [1.807, 2.05) is 13.8 Å². The topological polar surface area (TPSA) is 30.9 Å². The fourth-order valence-corrected chi connectivity index (χ4v) is 3.28. The molecule has 2 aliphatic rings. The Labute approximate surface area is 139 Å². The molecule has 1 atom stereocenters. The van der Waals surface area contributed by atoms with Gasteiger partial charge in [-0.25, -0.2) is 0 Å². The maximum atomic E-state index is 5.95. The number of nitrogens with zero attached hydrogens (tertiary/aromatic N) is 1. The number of hydrogen-bond donors (Lipinski definition) is 0. The van der Waals surface area contributed by atoms with E-state index in [1.165, 1.54) is 16.7 Å². The molecule has 23 heavy (non-hydrogen) atoms. The van der Waals surface area contributed by atoms with E-state index in [0.717, 1.165) is 31.7 Å². The SMILES string of the molecule is COc1ccc(C2=CCN(C)CC2)cc1CC1COC(C)(C)O1. The van der Waals surface area contributed by atoms with Crippen molar-refractivity contribution in [3.05, 3.63) is 35.4 Å². The lowest BCUT2D eigenvalue weighted by Gasteiger charge is -2.23. The van der Waals surface area contributed by atoms with E-state index in [1.54, 1.807) is 7.11 Å². The summed E-state index contributed by atoms with van der Waals surface area (Å²) in [6, 6.07) is 6.49. The van der Waals surface area contributed by atoms with Crippen molar-refractivity contribution in [1.82, 2.24) is 4.90 Å². The smallest absolute Gasteiger partial charge is 0.163 e. The number of hydrogen-bond acceptors (Lipinski definition) is 4. The first-order chi connectivity index (χ1) is 11.0. The predicted octanol–water partition coefficient (Wildman–Crippen LogP) is 3.11. The molecule has 0 spiro atoms. The van der Waals surface area contributed by atoms with Gasteiger partial charge in [0.1, 0.15) is 5.75 Å². The van der Waals surface area contributed by atoms with Crippen LogP contribution in [0.3, 0.4) is 0 Å². The molecule has 2 heterocycles. The highest BCUT2D eigenvalue weighted by Crippen LogP contribution is 2.31. The summed E-state index contributed by atoms with van der Waals surface area (Å²) in [5, 5.41) is 0. The molecule has 126 valence electrons. The maximum absolute atomic E-state index is 5.95. The van der Waals surface area contributed by atoms with Crippen LogP contribution in [0.25, 0.3) is 5.57 Å². The van der Waals surface area contributed by atoms with Crippen LogP contribution < -0.4 is 4.74 Å². The van der Waals surface area contributed by atoms with Crippen LogP contribution in [0.4, 0.5) is 0 Å². The second-order valence-electron chi connectivity index (χ2n) is 6.92. The van der Waals surface area contributed by atoms with E-state index < -0.39 is 5.79 Å². The first-order valence-electron chi connectivity index (χ1n) is 8.33. The lowest BCUT2D eigenvalue weighted by molar-refractivity contribution is -0.138. The average Bonchev–Trinajstić information content (AvgIpc) is 2.87. The minimum absolute atomic E-state index is 0.0839. The lowest BCUT2D eigenvalue weighted by atomic mass is 9.95. The molecule has 3 rings (SSSR count). The third-order valence-electron chi connectivity index (χ3n) is 4.58. The molecule has 1 saturated heterocycles. The van der Waals surface area contributed by atoms with E-state index in [4.69, 9.17) is 14.2 Å². The first kappa shape index (κ1) is 16.5. The molecular formula is C19H27NO3. The van der Waals surface area contributed by atoms with Crippen molar-refractivity contribution < 1.29 is 14.2 Å². The normalized spacial score (nSPS) is 24.5. The van der Waals surface area contributed by atoms with Crippen molar-refractivity contribution >= 4 is 5.57 Å². The summed E-state index contributed by atoms with van der Waals surface area (Å²) in [4.78, 5) is 2.33. The van der Waals surface area contributed by atoms with E-state index >= 15 is 0 Å². The van der Waals surface area contributed by atoms with Crippen LogP contribution in [-0.4, -0.2) is 50.6 Å². The Bertz CT molecular complexity index is 594. The van der Waals surface area contributed by atoms with Crippen LogP contribution in [0.5, 0.6) is 5.75 Å². The summed E-state index contributed by atoms with van der Waals surface area (Å²) >= 11 is 0. The van der Waals surface area contributed by atoms with Gasteiger partial charge in [-0.05, 0) is 56.1 Å². The quantitative estimate of drug-likeness (QED) is 0.854. The molecule has 1 aromatic rings. The van der Waals surface area contributed by atoms with Gasteiger partial charge in [0, 0.05) is 19.5 Å². The molecular weight excluding hydrogens is 290 g/mol. The highest BCUT2D eigenvalue weighted by atomic mass is 16.7. The Balaban J connectivity index is 1.80. The average molecular weight is 317 g/mol. The lowest BCUT2D eigenvalue weighted by Crippen LogP contribution is -2.24. The molecule has 1 aromatic carbocycles. The molecule has 0 amide bonds. The Kier molecular flexibility index (Phi) is 4.76.